The predicted octanol–water partition coefficient (Wildman–Crippen LogP) is 3.52. The molecule has 0 amide bonds. The van der Waals surface area contributed by atoms with E-state index in [0.717, 1.165) is 12.1 Å². The molecule has 0 aliphatic rings. The molecular weight excluding hydrogens is 285 g/mol. The van der Waals surface area contributed by atoms with E-state index in [1.165, 1.54) is 36.4 Å². The predicted molar refractivity (Wildman–Crippen MR) is 70.0 cm³/mol. The summed E-state index contributed by atoms with van der Waals surface area (Å²) in [6, 6.07) is 10.2. The Morgan fingerprint density at radius 2 is 1.52 bits per heavy atom. The lowest BCUT2D eigenvalue weighted by Crippen LogP contribution is -2.10. The molecule has 2 aromatic carbocycles. The van der Waals surface area contributed by atoms with Crippen molar-refractivity contribution in [2.24, 2.45) is 0 Å². The average molecular weight is 298 g/mol. The van der Waals surface area contributed by atoms with Crippen molar-refractivity contribution >= 4 is 0 Å². The molecule has 6 heteroatoms. The van der Waals surface area contributed by atoms with Crippen molar-refractivity contribution in [1.29, 1.82) is 0 Å². The summed E-state index contributed by atoms with van der Waals surface area (Å²) in [5.41, 5.74) is -0.214. The van der Waals surface area contributed by atoms with Crippen LogP contribution in [0.2, 0.25) is 0 Å². The highest BCUT2D eigenvalue weighted by Crippen LogP contribution is 2.30. The van der Waals surface area contributed by atoms with Crippen LogP contribution in [0.25, 0.3) is 0 Å². The Balaban J connectivity index is 1.95. The standard InChI is InChI=1S/C15H13F3O3/c16-15(17,18)11-3-7-13(8-4-11)21-9-14(20)10-1-5-12(19)6-2-10/h1-8,14,19-20H,9H2. The van der Waals surface area contributed by atoms with Gasteiger partial charge in [-0.2, -0.15) is 13.2 Å². The summed E-state index contributed by atoms with van der Waals surface area (Å²) in [5, 5.41) is 19.0. The van der Waals surface area contributed by atoms with Gasteiger partial charge in [0.05, 0.1) is 5.56 Å². The van der Waals surface area contributed by atoms with Crippen molar-refractivity contribution in [3.05, 3.63) is 59.7 Å². The number of alkyl halides is 3. The number of ether oxygens (including phenoxy) is 1. The number of aromatic hydroxyl groups is 1. The van der Waals surface area contributed by atoms with Gasteiger partial charge in [0.15, 0.2) is 0 Å². The second-order valence-electron chi connectivity index (χ2n) is 4.44. The maximum atomic E-state index is 12.4. The van der Waals surface area contributed by atoms with E-state index in [2.05, 4.69) is 0 Å². The molecule has 2 N–H and O–H groups in total. The second-order valence-corrected chi connectivity index (χ2v) is 4.44. The highest BCUT2D eigenvalue weighted by molar-refractivity contribution is 5.30. The first-order valence-corrected chi connectivity index (χ1v) is 6.13. The number of hydrogen-bond donors (Lipinski definition) is 2. The monoisotopic (exact) mass is 298 g/mol. The van der Waals surface area contributed by atoms with Gasteiger partial charge in [-0.15, -0.1) is 0 Å². The molecule has 112 valence electrons. The van der Waals surface area contributed by atoms with E-state index in [4.69, 9.17) is 9.84 Å². The van der Waals surface area contributed by atoms with Crippen LogP contribution in [-0.2, 0) is 6.18 Å². The summed E-state index contributed by atoms with van der Waals surface area (Å²) in [6.45, 7) is -0.101. The highest BCUT2D eigenvalue weighted by atomic mass is 19.4. The maximum Gasteiger partial charge on any atom is 0.416 e. The lowest BCUT2D eigenvalue weighted by molar-refractivity contribution is -0.137. The Kier molecular flexibility index (Phi) is 4.37. The first-order valence-electron chi connectivity index (χ1n) is 6.13. The molecule has 0 spiro atoms. The number of aliphatic hydroxyl groups is 1. The van der Waals surface area contributed by atoms with Gasteiger partial charge in [0, 0.05) is 0 Å². The van der Waals surface area contributed by atoms with Crippen molar-refractivity contribution in [3.8, 4) is 11.5 Å². The van der Waals surface area contributed by atoms with E-state index in [9.17, 15) is 18.3 Å². The van der Waals surface area contributed by atoms with Gasteiger partial charge in [0.25, 0.3) is 0 Å². The van der Waals surface area contributed by atoms with Crippen LogP contribution in [0.4, 0.5) is 13.2 Å². The molecule has 0 radical (unpaired) electrons. The topological polar surface area (TPSA) is 49.7 Å². The van der Waals surface area contributed by atoms with Gasteiger partial charge < -0.3 is 14.9 Å². The molecule has 1 unspecified atom stereocenters. The van der Waals surface area contributed by atoms with Crippen LogP contribution < -0.4 is 4.74 Å². The van der Waals surface area contributed by atoms with Crippen molar-refractivity contribution < 1.29 is 28.1 Å². The molecule has 3 nitrogen and oxygen atoms in total. The lowest BCUT2D eigenvalue weighted by Gasteiger charge is -2.13. The molecule has 0 saturated heterocycles. The van der Waals surface area contributed by atoms with E-state index >= 15 is 0 Å². The molecule has 2 rings (SSSR count). The zero-order chi connectivity index (χ0) is 15.5. The SMILES string of the molecule is Oc1ccc(C(O)COc2ccc(C(F)(F)F)cc2)cc1. The zero-order valence-electron chi connectivity index (χ0n) is 10.8. The summed E-state index contributed by atoms with van der Waals surface area (Å²) in [5.74, 6) is 0.315. The summed E-state index contributed by atoms with van der Waals surface area (Å²) in [4.78, 5) is 0. The van der Waals surface area contributed by atoms with E-state index in [1.54, 1.807) is 0 Å². The van der Waals surface area contributed by atoms with Crippen molar-refractivity contribution in [2.45, 2.75) is 12.3 Å². The van der Waals surface area contributed by atoms with E-state index in [1.807, 2.05) is 0 Å². The Labute approximate surface area is 119 Å². The first kappa shape index (κ1) is 15.2. The van der Waals surface area contributed by atoms with Crippen LogP contribution in [0.15, 0.2) is 48.5 Å². The van der Waals surface area contributed by atoms with Crippen LogP contribution in [0.3, 0.4) is 0 Å². The molecular formula is C15H13F3O3. The fraction of sp³-hybridized carbons (Fsp3) is 0.200. The number of aliphatic hydroxyl groups excluding tert-OH is 1. The van der Waals surface area contributed by atoms with Crippen molar-refractivity contribution in [1.82, 2.24) is 0 Å². The number of phenols is 1. The Hall–Kier alpha value is -2.21. The molecule has 0 bridgehead atoms. The summed E-state index contributed by atoms with van der Waals surface area (Å²) in [6.07, 6.45) is -5.32. The van der Waals surface area contributed by atoms with E-state index < -0.39 is 17.8 Å². The normalized spacial score (nSPS) is 13.0. The maximum absolute atomic E-state index is 12.4. The van der Waals surface area contributed by atoms with Gasteiger partial charge in [-0.1, -0.05) is 12.1 Å². The van der Waals surface area contributed by atoms with Crippen LogP contribution in [0.1, 0.15) is 17.2 Å². The van der Waals surface area contributed by atoms with Gasteiger partial charge >= 0.3 is 6.18 Å². The molecule has 0 fully saturated rings. The number of rotatable bonds is 4. The molecule has 0 aromatic heterocycles. The number of hydrogen-bond acceptors (Lipinski definition) is 3. The first-order chi connectivity index (χ1) is 9.86. The fourth-order valence-electron chi connectivity index (χ4n) is 1.71. The van der Waals surface area contributed by atoms with Gasteiger partial charge in [0.2, 0.25) is 0 Å². The van der Waals surface area contributed by atoms with Crippen molar-refractivity contribution in [3.63, 3.8) is 0 Å². The van der Waals surface area contributed by atoms with Gasteiger partial charge in [-0.05, 0) is 42.0 Å². The van der Waals surface area contributed by atoms with Gasteiger partial charge in [-0.3, -0.25) is 0 Å². The van der Waals surface area contributed by atoms with Crippen LogP contribution >= 0.6 is 0 Å². The van der Waals surface area contributed by atoms with Crippen LogP contribution in [0.5, 0.6) is 11.5 Å². The summed E-state index contributed by atoms with van der Waals surface area (Å²) < 4.78 is 42.4. The Bertz CT molecular complexity index is 577. The third-order valence-electron chi connectivity index (χ3n) is 2.87. The summed E-state index contributed by atoms with van der Waals surface area (Å²) in [7, 11) is 0. The minimum Gasteiger partial charge on any atom is -0.508 e. The zero-order valence-corrected chi connectivity index (χ0v) is 10.8. The largest absolute Gasteiger partial charge is 0.508 e. The van der Waals surface area contributed by atoms with Crippen LogP contribution in [-0.4, -0.2) is 16.8 Å². The fourth-order valence-corrected chi connectivity index (χ4v) is 1.71. The van der Waals surface area contributed by atoms with Crippen molar-refractivity contribution in [2.75, 3.05) is 6.61 Å². The van der Waals surface area contributed by atoms with Gasteiger partial charge in [0.1, 0.15) is 24.2 Å². The van der Waals surface area contributed by atoms with E-state index in [0.29, 0.717) is 5.56 Å². The molecule has 0 heterocycles. The minimum atomic E-state index is -4.38. The molecule has 0 saturated carbocycles. The van der Waals surface area contributed by atoms with Crippen LogP contribution in [0, 0.1) is 0 Å². The number of phenolic OH excluding ortho intramolecular Hbond substituents is 1. The second kappa shape index (κ2) is 6.05. The molecule has 0 aliphatic carbocycles. The highest BCUT2D eigenvalue weighted by Gasteiger charge is 2.30. The molecule has 0 aliphatic heterocycles. The molecule has 1 atom stereocenters. The third-order valence-corrected chi connectivity index (χ3v) is 2.87. The smallest absolute Gasteiger partial charge is 0.416 e. The minimum absolute atomic E-state index is 0.0783. The number of halogens is 3. The van der Waals surface area contributed by atoms with E-state index in [-0.39, 0.29) is 18.1 Å². The Morgan fingerprint density at radius 1 is 0.952 bits per heavy atom. The lowest BCUT2D eigenvalue weighted by atomic mass is 10.1. The summed E-state index contributed by atoms with van der Waals surface area (Å²) >= 11 is 0. The third kappa shape index (κ3) is 4.13. The average Bonchev–Trinajstić information content (AvgIpc) is 2.45. The number of benzene rings is 2. The van der Waals surface area contributed by atoms with Gasteiger partial charge in [-0.25, -0.2) is 0 Å². The Morgan fingerprint density at radius 3 is 2.05 bits per heavy atom. The quantitative estimate of drug-likeness (QED) is 0.908. The molecule has 21 heavy (non-hydrogen) atoms. The molecule has 2 aromatic rings.